The van der Waals surface area contributed by atoms with Gasteiger partial charge in [0.25, 0.3) is 0 Å². The number of rotatable bonds is 14. The molecule has 0 heterocycles. The lowest BCUT2D eigenvalue weighted by Crippen LogP contribution is -2.11. The van der Waals surface area contributed by atoms with Gasteiger partial charge in [0, 0.05) is 0 Å². The predicted molar refractivity (Wildman–Crippen MR) is 79.2 cm³/mol. The maximum Gasteiger partial charge on any atom is 0.488 e. The van der Waals surface area contributed by atoms with Crippen LogP contribution < -0.4 is 4.89 Å². The van der Waals surface area contributed by atoms with Gasteiger partial charge in [-0.2, -0.15) is 0 Å². The lowest BCUT2D eigenvalue weighted by Gasteiger charge is -2.11. The molecular weight excluding hydrogens is 259 g/mol. The summed E-state index contributed by atoms with van der Waals surface area (Å²) in [7, 11) is -2.69. The SMILES string of the molecule is CCCCCCCCC(CCCCCC)O[P+](=O)[O-]. The molecule has 0 aliphatic carbocycles. The molecule has 0 aromatic heterocycles. The van der Waals surface area contributed by atoms with Crippen molar-refractivity contribution in [1.29, 1.82) is 0 Å². The van der Waals surface area contributed by atoms with E-state index >= 15 is 0 Å². The molecule has 4 heteroatoms. The maximum atomic E-state index is 10.7. The van der Waals surface area contributed by atoms with Crippen molar-refractivity contribution < 1.29 is 14.0 Å². The lowest BCUT2D eigenvalue weighted by atomic mass is 10.0. The van der Waals surface area contributed by atoms with Gasteiger partial charge in [-0.3, -0.25) is 0 Å². The second-order valence-electron chi connectivity index (χ2n) is 5.36. The molecule has 19 heavy (non-hydrogen) atoms. The Labute approximate surface area is 120 Å². The third-order valence-corrected chi connectivity index (χ3v) is 3.96. The Kier molecular flexibility index (Phi) is 14.4. The first-order valence-electron chi connectivity index (χ1n) is 8.01. The largest absolute Gasteiger partial charge is 0.566 e. The lowest BCUT2D eigenvalue weighted by molar-refractivity contribution is -0.189. The molecule has 114 valence electrons. The normalized spacial score (nSPS) is 13.5. The minimum absolute atomic E-state index is 0.0795. The number of unbranched alkanes of at least 4 members (excludes halogenated alkanes) is 8. The quantitative estimate of drug-likeness (QED) is 0.330. The van der Waals surface area contributed by atoms with Crippen LogP contribution in [0.5, 0.6) is 0 Å². The molecule has 0 saturated heterocycles. The molecule has 0 aromatic rings. The van der Waals surface area contributed by atoms with Crippen LogP contribution in [0.2, 0.25) is 0 Å². The molecule has 2 unspecified atom stereocenters. The molecule has 0 saturated carbocycles. The molecule has 2 atom stereocenters. The van der Waals surface area contributed by atoms with Crippen LogP contribution in [0.1, 0.15) is 90.9 Å². The Morgan fingerprint density at radius 1 is 0.842 bits per heavy atom. The van der Waals surface area contributed by atoms with E-state index in [1.807, 2.05) is 0 Å². The minimum atomic E-state index is -2.69. The van der Waals surface area contributed by atoms with E-state index < -0.39 is 8.25 Å². The summed E-state index contributed by atoms with van der Waals surface area (Å²) < 4.78 is 15.7. The fourth-order valence-electron chi connectivity index (χ4n) is 2.32. The van der Waals surface area contributed by atoms with Gasteiger partial charge in [-0.05, 0) is 17.4 Å². The van der Waals surface area contributed by atoms with Crippen molar-refractivity contribution in [2.45, 2.75) is 97.0 Å². The zero-order chi connectivity index (χ0) is 14.3. The van der Waals surface area contributed by atoms with Crippen LogP contribution in [0.15, 0.2) is 0 Å². The van der Waals surface area contributed by atoms with Crippen LogP contribution in [0.4, 0.5) is 0 Å². The fourth-order valence-corrected chi connectivity index (χ4v) is 2.78. The summed E-state index contributed by atoms with van der Waals surface area (Å²) in [6, 6.07) is 0. The van der Waals surface area contributed by atoms with Crippen molar-refractivity contribution in [3.05, 3.63) is 0 Å². The summed E-state index contributed by atoms with van der Waals surface area (Å²) in [5, 5.41) is 0. The number of hydrogen-bond donors (Lipinski definition) is 0. The van der Waals surface area contributed by atoms with Crippen molar-refractivity contribution in [3.8, 4) is 0 Å². The highest BCUT2D eigenvalue weighted by atomic mass is 31.1. The molecule has 3 nitrogen and oxygen atoms in total. The highest BCUT2D eigenvalue weighted by molar-refractivity contribution is 7.30. The summed E-state index contributed by atoms with van der Waals surface area (Å²) in [4.78, 5) is 10.7. The molecule has 0 aliphatic heterocycles. The van der Waals surface area contributed by atoms with Crippen LogP contribution in [0, 0.1) is 0 Å². The van der Waals surface area contributed by atoms with Crippen molar-refractivity contribution in [3.63, 3.8) is 0 Å². The zero-order valence-electron chi connectivity index (χ0n) is 12.7. The average molecular weight is 290 g/mol. The molecule has 0 radical (unpaired) electrons. The Morgan fingerprint density at radius 2 is 1.26 bits per heavy atom. The molecule has 0 spiro atoms. The van der Waals surface area contributed by atoms with E-state index in [1.54, 1.807) is 0 Å². The minimum Gasteiger partial charge on any atom is -0.566 e. The highest BCUT2D eigenvalue weighted by Crippen LogP contribution is 2.23. The Hall–Kier alpha value is 0.0200. The van der Waals surface area contributed by atoms with Gasteiger partial charge in [-0.1, -0.05) is 78.1 Å². The summed E-state index contributed by atoms with van der Waals surface area (Å²) >= 11 is 0. The Bertz CT molecular complexity index is 210. The van der Waals surface area contributed by atoms with Gasteiger partial charge < -0.3 is 4.89 Å². The standard InChI is InChI=1S/C15H31O3P/c1-3-5-7-9-10-12-14-15(18-19(16)17)13-11-8-6-4-2/h15H,3-14H2,1-2H3. The van der Waals surface area contributed by atoms with Crippen molar-refractivity contribution >= 4 is 8.25 Å². The van der Waals surface area contributed by atoms with Crippen molar-refractivity contribution in [1.82, 2.24) is 0 Å². The van der Waals surface area contributed by atoms with E-state index in [0.29, 0.717) is 0 Å². The van der Waals surface area contributed by atoms with E-state index in [1.165, 1.54) is 51.4 Å². The van der Waals surface area contributed by atoms with E-state index in [9.17, 15) is 9.46 Å². The van der Waals surface area contributed by atoms with E-state index in [-0.39, 0.29) is 6.10 Å². The summed E-state index contributed by atoms with van der Waals surface area (Å²) in [5.74, 6) is 0. The molecular formula is C15H31O3P. The molecule has 0 aromatic carbocycles. The average Bonchev–Trinajstić information content (AvgIpc) is 2.37. The van der Waals surface area contributed by atoms with Gasteiger partial charge >= 0.3 is 8.25 Å². The second-order valence-corrected chi connectivity index (χ2v) is 6.01. The predicted octanol–water partition coefficient (Wildman–Crippen LogP) is 5.11. The smallest absolute Gasteiger partial charge is 0.488 e. The van der Waals surface area contributed by atoms with Crippen LogP contribution in [0.3, 0.4) is 0 Å². The molecule has 0 amide bonds. The highest BCUT2D eigenvalue weighted by Gasteiger charge is 2.16. The van der Waals surface area contributed by atoms with Gasteiger partial charge in [0.2, 0.25) is 0 Å². The molecule has 0 aliphatic rings. The first kappa shape index (κ1) is 19.0. The topological polar surface area (TPSA) is 49.4 Å². The van der Waals surface area contributed by atoms with Crippen molar-refractivity contribution in [2.75, 3.05) is 0 Å². The van der Waals surface area contributed by atoms with Gasteiger partial charge in [0.05, 0.1) is 0 Å². The second kappa shape index (κ2) is 14.4. The third kappa shape index (κ3) is 14.2. The van der Waals surface area contributed by atoms with Crippen LogP contribution in [-0.2, 0) is 9.09 Å². The summed E-state index contributed by atoms with van der Waals surface area (Å²) in [5.41, 5.74) is 0. The first-order valence-corrected chi connectivity index (χ1v) is 9.11. The monoisotopic (exact) mass is 290 g/mol. The Morgan fingerprint density at radius 3 is 1.74 bits per heavy atom. The van der Waals surface area contributed by atoms with Gasteiger partial charge in [-0.15, -0.1) is 4.52 Å². The van der Waals surface area contributed by atoms with Crippen LogP contribution in [-0.4, -0.2) is 6.10 Å². The zero-order valence-corrected chi connectivity index (χ0v) is 13.6. The maximum absolute atomic E-state index is 10.7. The summed E-state index contributed by atoms with van der Waals surface area (Å²) in [6.45, 7) is 4.39. The summed E-state index contributed by atoms with van der Waals surface area (Å²) in [6.07, 6.45) is 13.8. The van der Waals surface area contributed by atoms with E-state index in [2.05, 4.69) is 13.8 Å². The van der Waals surface area contributed by atoms with E-state index in [0.717, 1.165) is 25.7 Å². The van der Waals surface area contributed by atoms with Gasteiger partial charge in [0.15, 0.2) is 0 Å². The van der Waals surface area contributed by atoms with Crippen LogP contribution in [0.25, 0.3) is 0 Å². The van der Waals surface area contributed by atoms with E-state index in [4.69, 9.17) is 4.52 Å². The molecule has 0 rings (SSSR count). The van der Waals surface area contributed by atoms with Gasteiger partial charge in [-0.25, -0.2) is 0 Å². The van der Waals surface area contributed by atoms with Gasteiger partial charge in [0.1, 0.15) is 6.10 Å². The molecule has 0 fully saturated rings. The van der Waals surface area contributed by atoms with Crippen LogP contribution >= 0.6 is 8.25 Å². The Balaban J connectivity index is 3.64. The van der Waals surface area contributed by atoms with Crippen molar-refractivity contribution in [2.24, 2.45) is 0 Å². The molecule has 0 bridgehead atoms. The number of hydrogen-bond acceptors (Lipinski definition) is 3. The molecule has 0 N–H and O–H groups in total. The fraction of sp³-hybridized carbons (Fsp3) is 1.00. The first-order chi connectivity index (χ1) is 9.20. The third-order valence-electron chi connectivity index (χ3n) is 3.49.